The molecule has 10 rings (SSSR count). The number of nitrogens with zero attached hydrogens (tertiary/aromatic N) is 4. The van der Waals surface area contributed by atoms with Gasteiger partial charge in [-0.1, -0.05) is 53.0 Å². The van der Waals surface area contributed by atoms with E-state index in [-0.39, 0.29) is 53.0 Å². The first-order valence-electron chi connectivity index (χ1n) is 23.4. The summed E-state index contributed by atoms with van der Waals surface area (Å²) >= 11 is 0. The monoisotopic (exact) mass is 1230 g/mol. The largest absolute Gasteiger partial charge is 0.669 e. The van der Waals surface area contributed by atoms with Crippen molar-refractivity contribution >= 4 is 0 Å². The summed E-state index contributed by atoms with van der Waals surface area (Å²) < 4.78 is 16.1. The molecule has 4 aliphatic rings. The first-order chi connectivity index (χ1) is 30.9. The van der Waals surface area contributed by atoms with Gasteiger partial charge in [-0.3, -0.25) is 12.1 Å². The number of hydrogen-bond donors (Lipinski definition) is 0. The molecule has 4 aliphatic carbocycles. The molecule has 6 aromatic rings. The van der Waals surface area contributed by atoms with Crippen molar-refractivity contribution in [3.05, 3.63) is 154 Å². The zero-order chi connectivity index (χ0) is 44.8. The van der Waals surface area contributed by atoms with E-state index >= 15 is 0 Å². The van der Waals surface area contributed by atoms with Crippen LogP contribution in [0, 0.1) is 49.2 Å². The van der Waals surface area contributed by atoms with Crippen LogP contribution >= 0.6 is 0 Å². The molecule has 0 radical (unpaired) electrons. The van der Waals surface area contributed by atoms with E-state index in [4.69, 9.17) is 22.3 Å². The molecule has 0 spiro atoms. The van der Waals surface area contributed by atoms with E-state index < -0.39 is 0 Å². The Hall–Kier alpha value is -4.60. The second-order valence-corrected chi connectivity index (χ2v) is 19.6. The van der Waals surface area contributed by atoms with Crippen LogP contribution in [0.1, 0.15) is 149 Å². The van der Waals surface area contributed by atoms with E-state index in [9.17, 15) is 0 Å². The molecule has 0 saturated heterocycles. The third kappa shape index (κ3) is 11.7. The van der Waals surface area contributed by atoms with E-state index in [2.05, 4.69) is 97.0 Å². The molecular formula is C58H60N4O2Pt2-6. The Morgan fingerprint density at radius 3 is 1.12 bits per heavy atom. The quantitative estimate of drug-likeness (QED) is 0.127. The fourth-order valence-corrected chi connectivity index (χ4v) is 9.72. The summed E-state index contributed by atoms with van der Waals surface area (Å²) in [4.78, 5) is 8.68. The second-order valence-electron chi connectivity index (χ2n) is 19.6. The minimum absolute atomic E-state index is 0. The normalized spacial score (nSPS) is 14.8. The van der Waals surface area contributed by atoms with Crippen LogP contribution in [0.3, 0.4) is 0 Å². The van der Waals surface area contributed by atoms with Crippen LogP contribution in [0.4, 0.5) is 0 Å². The molecule has 0 aliphatic heterocycles. The average molecular weight is 1240 g/mol. The van der Waals surface area contributed by atoms with Gasteiger partial charge in [0.25, 0.3) is 0 Å². The molecule has 8 heteroatoms. The van der Waals surface area contributed by atoms with Crippen molar-refractivity contribution in [3.8, 4) is 46.5 Å². The van der Waals surface area contributed by atoms with Gasteiger partial charge in [0.05, 0.1) is 0 Å². The Kier molecular flexibility index (Phi) is 17.3. The summed E-state index contributed by atoms with van der Waals surface area (Å²) in [5.41, 5.74) is 15.6. The third-order valence-corrected chi connectivity index (χ3v) is 13.1. The number of ether oxygens (including phenoxy) is 2. The fourth-order valence-electron chi connectivity index (χ4n) is 9.72. The molecule has 2 aromatic carbocycles. The Balaban J connectivity index is 0.000000185. The van der Waals surface area contributed by atoms with Crippen molar-refractivity contribution in [2.45, 2.75) is 155 Å². The van der Waals surface area contributed by atoms with Crippen molar-refractivity contribution in [2.24, 2.45) is 0 Å². The first kappa shape index (κ1) is 50.8. The van der Waals surface area contributed by atoms with Gasteiger partial charge < -0.3 is 66.8 Å². The SMILES string of the molecule is CC(C)(C)c1ccnc(Oc2[c-]c(-c3[c-]ccc(Oc4cc(C(C)(C)C)ccn4)[c-]3)[c-]cc2)c1.[C-]#Cn1c2c(c3c1CCCC3)CCCC2.[C-]#Cn1c2c(c3c1CCCC3)CCCC2.[Pt].[Pt]. The van der Waals surface area contributed by atoms with Crippen molar-refractivity contribution < 1.29 is 51.6 Å². The predicted octanol–water partition coefficient (Wildman–Crippen LogP) is 12.8. The van der Waals surface area contributed by atoms with Gasteiger partial charge >= 0.3 is 0 Å². The summed E-state index contributed by atoms with van der Waals surface area (Å²) in [7, 11) is 0. The molecule has 4 heterocycles. The third-order valence-electron chi connectivity index (χ3n) is 13.1. The summed E-state index contributed by atoms with van der Waals surface area (Å²) in [5.74, 6) is 2.13. The number of hydrogen-bond acceptors (Lipinski definition) is 4. The molecule has 4 aromatic heterocycles. The number of benzene rings is 2. The zero-order valence-electron chi connectivity index (χ0n) is 39.3. The first-order valence-corrected chi connectivity index (χ1v) is 23.4. The Morgan fingerprint density at radius 2 is 0.818 bits per heavy atom. The average Bonchev–Trinajstić information content (AvgIpc) is 3.81. The molecular weight excluding hydrogens is 1170 g/mol. The molecule has 0 saturated carbocycles. The van der Waals surface area contributed by atoms with Crippen LogP contribution in [0.25, 0.3) is 11.1 Å². The Bertz CT molecular complexity index is 2440. The molecule has 0 amide bonds. The van der Waals surface area contributed by atoms with Gasteiger partial charge in [-0.2, -0.15) is 12.1 Å². The van der Waals surface area contributed by atoms with Crippen molar-refractivity contribution in [1.29, 1.82) is 0 Å². The zero-order valence-corrected chi connectivity index (χ0v) is 43.9. The van der Waals surface area contributed by atoms with Gasteiger partial charge in [0.2, 0.25) is 11.8 Å². The van der Waals surface area contributed by atoms with Gasteiger partial charge in [0.15, 0.2) is 0 Å². The molecule has 6 nitrogen and oxygen atoms in total. The number of fused-ring (bicyclic) bond motifs is 6. The Morgan fingerprint density at radius 1 is 0.500 bits per heavy atom. The van der Waals surface area contributed by atoms with Crippen LogP contribution in [-0.2, 0) is 104 Å². The van der Waals surface area contributed by atoms with E-state index in [0.717, 1.165) is 36.8 Å². The molecule has 0 atom stereocenters. The van der Waals surface area contributed by atoms with Crippen LogP contribution in [0.15, 0.2) is 60.9 Å². The van der Waals surface area contributed by atoms with Gasteiger partial charge in [0.1, 0.15) is 0 Å². The molecule has 0 fully saturated rings. The molecule has 350 valence electrons. The van der Waals surface area contributed by atoms with E-state index in [1.165, 1.54) is 99.8 Å². The predicted molar refractivity (Wildman–Crippen MR) is 254 cm³/mol. The minimum atomic E-state index is 0. The number of aromatic nitrogens is 4. The van der Waals surface area contributed by atoms with Gasteiger partial charge in [-0.25, -0.2) is 22.1 Å². The topological polar surface area (TPSA) is 54.1 Å². The van der Waals surface area contributed by atoms with Crippen LogP contribution in [0.2, 0.25) is 0 Å². The fraction of sp³-hybridized carbons (Fsp3) is 0.414. The minimum Gasteiger partial charge on any atom is -0.669 e. The van der Waals surface area contributed by atoms with E-state index in [0.29, 0.717) is 34.4 Å². The summed E-state index contributed by atoms with van der Waals surface area (Å²) in [6, 6.07) is 33.2. The van der Waals surface area contributed by atoms with Crippen LogP contribution < -0.4 is 9.47 Å². The summed E-state index contributed by atoms with van der Waals surface area (Å²) in [6.07, 6.45) is 38.5. The molecule has 0 N–H and O–H groups in total. The maximum atomic E-state index is 7.45. The smallest absolute Gasteiger partial charge is 0.215 e. The summed E-state index contributed by atoms with van der Waals surface area (Å²) in [6.45, 7) is 12.9. The number of rotatable bonds is 5. The van der Waals surface area contributed by atoms with Crippen molar-refractivity contribution in [3.63, 3.8) is 0 Å². The van der Waals surface area contributed by atoms with Gasteiger partial charge in [0, 0.05) is 89.4 Å². The maximum absolute atomic E-state index is 7.45. The van der Waals surface area contributed by atoms with Gasteiger partial charge in [-0.05, 0) is 159 Å². The van der Waals surface area contributed by atoms with E-state index in [1.54, 1.807) is 58.9 Å². The maximum Gasteiger partial charge on any atom is 0.215 e. The van der Waals surface area contributed by atoms with Crippen molar-refractivity contribution in [1.82, 2.24) is 19.1 Å². The number of pyridine rings is 2. The summed E-state index contributed by atoms with van der Waals surface area (Å²) in [5, 5.41) is 0. The standard InChI is InChI=1S/C30H28N2O2.2C14H16N.2Pt/c1-29(2,3)23-13-15-31-27(19-23)33-25-11-7-9-21(17-25)22-10-8-12-26(18-22)34-28-20-24(14-16-32-28)30(4,5)6;2*1-2-15-13-9-5-3-7-11(13)12-8-4-6-10-14(12)15;;/h7-8,11-16,19-20H,1-6H3;2*3-10H2;;/q-4;2*-1;;. The van der Waals surface area contributed by atoms with Crippen LogP contribution in [0.5, 0.6) is 23.3 Å². The second kappa shape index (κ2) is 22.5. The molecule has 0 unspecified atom stereocenters. The van der Waals surface area contributed by atoms with Crippen molar-refractivity contribution in [2.75, 3.05) is 0 Å². The molecule has 66 heavy (non-hydrogen) atoms. The van der Waals surface area contributed by atoms with Crippen LogP contribution in [-0.4, -0.2) is 19.1 Å². The van der Waals surface area contributed by atoms with E-state index in [1.807, 2.05) is 24.3 Å². The van der Waals surface area contributed by atoms with Gasteiger partial charge in [-0.15, -0.1) is 0 Å². The Labute approximate surface area is 423 Å². The molecule has 0 bridgehead atoms.